The van der Waals surface area contributed by atoms with E-state index in [0.717, 1.165) is 22.3 Å². The summed E-state index contributed by atoms with van der Waals surface area (Å²) < 4.78 is 1.05. The summed E-state index contributed by atoms with van der Waals surface area (Å²) in [6.45, 7) is 0.732. The highest BCUT2D eigenvalue weighted by molar-refractivity contribution is 9.10. The predicted molar refractivity (Wildman–Crippen MR) is 101 cm³/mol. The first-order valence-corrected chi connectivity index (χ1v) is 8.26. The summed E-state index contributed by atoms with van der Waals surface area (Å²) in [5.41, 5.74) is 3.36. The number of hydrogen-bond donors (Lipinski definition) is 0. The van der Waals surface area contributed by atoms with Gasteiger partial charge >= 0.3 is 0 Å². The normalized spacial score (nSPS) is 10.8. The van der Waals surface area contributed by atoms with Gasteiger partial charge in [0, 0.05) is 4.47 Å². The third-order valence-corrected chi connectivity index (χ3v) is 3.92. The van der Waals surface area contributed by atoms with Gasteiger partial charge in [-0.25, -0.2) is 0 Å². The standard InChI is InChI=1S/C20H17BrN2/c21-19-11-7-10-18(14-19)15-22-23(20-12-5-2-6-13-20)16-17-8-3-1-4-9-17/h1-15H,16H2/b22-15-. The largest absolute Gasteiger partial charge is 0.261 e. The molecule has 0 aromatic heterocycles. The molecule has 3 aromatic rings. The van der Waals surface area contributed by atoms with Crippen LogP contribution in [0.15, 0.2) is 94.5 Å². The number of hydrazone groups is 1. The second-order valence-corrected chi connectivity index (χ2v) is 6.09. The maximum absolute atomic E-state index is 4.69. The van der Waals surface area contributed by atoms with Gasteiger partial charge in [-0.3, -0.25) is 5.01 Å². The molecule has 0 N–H and O–H groups in total. The van der Waals surface area contributed by atoms with Gasteiger partial charge in [0.2, 0.25) is 0 Å². The van der Waals surface area contributed by atoms with Crippen molar-refractivity contribution in [3.05, 3.63) is 101 Å². The third-order valence-electron chi connectivity index (χ3n) is 3.42. The molecule has 0 fully saturated rings. The number of para-hydroxylation sites is 1. The fourth-order valence-corrected chi connectivity index (χ4v) is 2.70. The zero-order chi connectivity index (χ0) is 15.9. The monoisotopic (exact) mass is 364 g/mol. The first kappa shape index (κ1) is 15.5. The summed E-state index contributed by atoms with van der Waals surface area (Å²) in [6.07, 6.45) is 1.89. The molecule has 0 heterocycles. The Morgan fingerprint density at radius 3 is 2.22 bits per heavy atom. The van der Waals surface area contributed by atoms with Crippen LogP contribution in [0.25, 0.3) is 0 Å². The quantitative estimate of drug-likeness (QED) is 0.431. The van der Waals surface area contributed by atoms with E-state index >= 15 is 0 Å². The average Bonchev–Trinajstić information content (AvgIpc) is 2.60. The first-order valence-electron chi connectivity index (χ1n) is 7.47. The summed E-state index contributed by atoms with van der Waals surface area (Å²) in [4.78, 5) is 0. The van der Waals surface area contributed by atoms with E-state index in [0.29, 0.717) is 0 Å². The van der Waals surface area contributed by atoms with Crippen molar-refractivity contribution >= 4 is 27.8 Å². The number of hydrogen-bond acceptors (Lipinski definition) is 2. The van der Waals surface area contributed by atoms with Crippen molar-refractivity contribution in [2.24, 2.45) is 5.10 Å². The highest BCUT2D eigenvalue weighted by Gasteiger charge is 2.05. The van der Waals surface area contributed by atoms with Crippen LogP contribution in [0.1, 0.15) is 11.1 Å². The second-order valence-electron chi connectivity index (χ2n) is 5.18. The van der Waals surface area contributed by atoms with Gasteiger partial charge in [-0.1, -0.05) is 76.6 Å². The summed E-state index contributed by atoms with van der Waals surface area (Å²) in [5.74, 6) is 0. The summed E-state index contributed by atoms with van der Waals surface area (Å²) in [6, 6.07) is 28.7. The Morgan fingerprint density at radius 1 is 0.826 bits per heavy atom. The van der Waals surface area contributed by atoms with Crippen molar-refractivity contribution < 1.29 is 0 Å². The number of anilines is 1. The molecule has 114 valence electrons. The van der Waals surface area contributed by atoms with E-state index in [-0.39, 0.29) is 0 Å². The minimum absolute atomic E-state index is 0.732. The molecule has 0 amide bonds. The molecule has 0 radical (unpaired) electrons. The zero-order valence-electron chi connectivity index (χ0n) is 12.6. The van der Waals surface area contributed by atoms with Crippen LogP contribution in [-0.2, 0) is 6.54 Å². The maximum atomic E-state index is 4.69. The topological polar surface area (TPSA) is 15.6 Å². The van der Waals surface area contributed by atoms with E-state index in [1.54, 1.807) is 0 Å². The number of rotatable bonds is 5. The fourth-order valence-electron chi connectivity index (χ4n) is 2.28. The van der Waals surface area contributed by atoms with Gasteiger partial charge in [-0.15, -0.1) is 0 Å². The van der Waals surface area contributed by atoms with Crippen molar-refractivity contribution in [1.82, 2.24) is 0 Å². The third kappa shape index (κ3) is 4.54. The Bertz CT molecular complexity index is 770. The highest BCUT2D eigenvalue weighted by atomic mass is 79.9. The lowest BCUT2D eigenvalue weighted by atomic mass is 10.2. The smallest absolute Gasteiger partial charge is 0.0666 e. The fraction of sp³-hybridized carbons (Fsp3) is 0.0500. The van der Waals surface area contributed by atoms with Crippen LogP contribution in [0, 0.1) is 0 Å². The number of nitrogens with zero attached hydrogens (tertiary/aromatic N) is 2. The first-order chi connectivity index (χ1) is 11.3. The van der Waals surface area contributed by atoms with Crippen molar-refractivity contribution in [2.75, 3.05) is 5.01 Å². The SMILES string of the molecule is Brc1cccc(/C=N\N(Cc2ccccc2)c2ccccc2)c1. The molecule has 0 unspecified atom stereocenters. The summed E-state index contributed by atoms with van der Waals surface area (Å²) in [7, 11) is 0. The van der Waals surface area contributed by atoms with Crippen molar-refractivity contribution in [3.63, 3.8) is 0 Å². The Balaban J connectivity index is 1.86. The summed E-state index contributed by atoms with van der Waals surface area (Å²) in [5, 5.41) is 6.70. The lowest BCUT2D eigenvalue weighted by Gasteiger charge is -2.19. The van der Waals surface area contributed by atoms with Gasteiger partial charge in [0.25, 0.3) is 0 Å². The molecule has 0 saturated heterocycles. The molecular formula is C20H17BrN2. The lowest BCUT2D eigenvalue weighted by Crippen LogP contribution is -2.15. The Kier molecular flexibility index (Phi) is 5.22. The van der Waals surface area contributed by atoms with Gasteiger partial charge in [0.1, 0.15) is 0 Å². The molecule has 0 saturated carbocycles. The van der Waals surface area contributed by atoms with E-state index in [4.69, 9.17) is 0 Å². The second kappa shape index (κ2) is 7.75. The van der Waals surface area contributed by atoms with Crippen LogP contribution < -0.4 is 5.01 Å². The minimum atomic E-state index is 0.732. The van der Waals surface area contributed by atoms with Gasteiger partial charge in [-0.2, -0.15) is 5.10 Å². The molecule has 0 aliphatic rings. The van der Waals surface area contributed by atoms with Crippen LogP contribution in [0.2, 0.25) is 0 Å². The molecule has 3 aromatic carbocycles. The highest BCUT2D eigenvalue weighted by Crippen LogP contribution is 2.17. The molecule has 23 heavy (non-hydrogen) atoms. The Labute approximate surface area is 145 Å². The number of benzene rings is 3. The molecule has 0 spiro atoms. The van der Waals surface area contributed by atoms with Gasteiger partial charge in [0.15, 0.2) is 0 Å². The molecule has 0 aliphatic heterocycles. The predicted octanol–water partition coefficient (Wildman–Crippen LogP) is 5.49. The van der Waals surface area contributed by atoms with Crippen molar-refractivity contribution in [3.8, 4) is 0 Å². The van der Waals surface area contributed by atoms with Crippen LogP contribution in [-0.4, -0.2) is 6.21 Å². The van der Waals surface area contributed by atoms with Crippen LogP contribution in [0.5, 0.6) is 0 Å². The van der Waals surface area contributed by atoms with Crippen LogP contribution in [0.3, 0.4) is 0 Å². The van der Waals surface area contributed by atoms with E-state index in [1.807, 2.05) is 53.7 Å². The van der Waals surface area contributed by atoms with Crippen molar-refractivity contribution in [1.29, 1.82) is 0 Å². The molecule has 0 aliphatic carbocycles. The molecule has 3 rings (SSSR count). The molecule has 2 nitrogen and oxygen atoms in total. The minimum Gasteiger partial charge on any atom is -0.261 e. The molecule has 0 bridgehead atoms. The van der Waals surface area contributed by atoms with E-state index in [2.05, 4.69) is 63.5 Å². The Hall–Kier alpha value is -2.39. The average molecular weight is 365 g/mol. The number of halogens is 1. The molecular weight excluding hydrogens is 348 g/mol. The molecule has 0 atom stereocenters. The van der Waals surface area contributed by atoms with E-state index < -0.39 is 0 Å². The van der Waals surface area contributed by atoms with E-state index in [1.165, 1.54) is 5.56 Å². The van der Waals surface area contributed by atoms with Crippen LogP contribution >= 0.6 is 15.9 Å². The van der Waals surface area contributed by atoms with Gasteiger partial charge < -0.3 is 0 Å². The van der Waals surface area contributed by atoms with Gasteiger partial charge in [-0.05, 0) is 35.4 Å². The van der Waals surface area contributed by atoms with Gasteiger partial charge in [0.05, 0.1) is 18.4 Å². The van der Waals surface area contributed by atoms with Crippen molar-refractivity contribution in [2.45, 2.75) is 6.54 Å². The van der Waals surface area contributed by atoms with E-state index in [9.17, 15) is 0 Å². The zero-order valence-corrected chi connectivity index (χ0v) is 14.2. The van der Waals surface area contributed by atoms with Crippen LogP contribution in [0.4, 0.5) is 5.69 Å². The summed E-state index contributed by atoms with van der Waals surface area (Å²) >= 11 is 3.49. The molecule has 3 heteroatoms. The lowest BCUT2D eigenvalue weighted by molar-refractivity contribution is 0.858. The Morgan fingerprint density at radius 2 is 1.52 bits per heavy atom. The maximum Gasteiger partial charge on any atom is 0.0666 e.